The van der Waals surface area contributed by atoms with Crippen molar-refractivity contribution in [2.24, 2.45) is 0 Å². The molecule has 2 heterocycles. The van der Waals surface area contributed by atoms with Gasteiger partial charge in [0.25, 0.3) is 11.8 Å². The van der Waals surface area contributed by atoms with Crippen molar-refractivity contribution in [2.75, 3.05) is 36.4 Å². The molecule has 30 heavy (non-hydrogen) atoms. The highest BCUT2D eigenvalue weighted by Gasteiger charge is 2.20. The molecule has 1 aromatic heterocycles. The van der Waals surface area contributed by atoms with E-state index in [1.54, 1.807) is 36.4 Å². The Kier molecular flexibility index (Phi) is 5.84. The number of benzene rings is 2. The van der Waals surface area contributed by atoms with Crippen LogP contribution in [0.15, 0.2) is 71.3 Å². The normalized spacial score (nSPS) is 14.3. The molecule has 0 spiro atoms. The topological polar surface area (TPSA) is 65.8 Å². The van der Waals surface area contributed by atoms with Crippen LogP contribution in [0.5, 0.6) is 0 Å². The molecule has 2 aromatic carbocycles. The van der Waals surface area contributed by atoms with Crippen molar-refractivity contribution in [2.45, 2.75) is 13.3 Å². The minimum absolute atomic E-state index is 0.0182. The highest BCUT2D eigenvalue weighted by molar-refractivity contribution is 6.02. The van der Waals surface area contributed by atoms with E-state index in [1.807, 2.05) is 4.90 Å². The first-order valence-electron chi connectivity index (χ1n) is 10.2. The highest BCUT2D eigenvalue weighted by atomic mass is 16.3. The molecule has 2 amide bonds. The second kappa shape index (κ2) is 8.86. The van der Waals surface area contributed by atoms with Gasteiger partial charge < -0.3 is 19.5 Å². The third-order valence-electron chi connectivity index (χ3n) is 5.32. The molecule has 1 saturated heterocycles. The third kappa shape index (κ3) is 4.54. The molecule has 3 aromatic rings. The number of carbonyl (C=O) groups excluding carboxylic acids is 2. The number of aryl methyl sites for hydroxylation is 1. The van der Waals surface area contributed by atoms with E-state index >= 15 is 0 Å². The lowest BCUT2D eigenvalue weighted by molar-refractivity contribution is 0.0767. The van der Waals surface area contributed by atoms with E-state index in [0.29, 0.717) is 17.8 Å². The molecule has 1 aliphatic rings. The van der Waals surface area contributed by atoms with Crippen molar-refractivity contribution in [1.29, 1.82) is 0 Å². The number of amides is 2. The van der Waals surface area contributed by atoms with Crippen molar-refractivity contribution >= 4 is 23.2 Å². The average molecular weight is 403 g/mol. The van der Waals surface area contributed by atoms with Gasteiger partial charge in [0.2, 0.25) is 0 Å². The number of hydrogen-bond acceptors (Lipinski definition) is 4. The molecular formula is C24H25N3O3. The standard InChI is InChI=1S/C24H25N3O3/c1-18-5-11-21(12-6-18)26-13-3-14-27(16-15-26)24(29)19-7-9-20(10-8-19)25-23(28)22-4-2-17-30-22/h2,4-12,17H,3,13-16H2,1H3,(H,25,28). The first-order valence-corrected chi connectivity index (χ1v) is 10.2. The summed E-state index contributed by atoms with van der Waals surface area (Å²) in [5.74, 6) is -0.0506. The quantitative estimate of drug-likeness (QED) is 0.709. The van der Waals surface area contributed by atoms with E-state index in [-0.39, 0.29) is 17.6 Å². The molecule has 1 fully saturated rings. The van der Waals surface area contributed by atoms with Gasteiger partial charge in [-0.25, -0.2) is 0 Å². The highest BCUT2D eigenvalue weighted by Crippen LogP contribution is 2.19. The zero-order valence-corrected chi connectivity index (χ0v) is 17.0. The summed E-state index contributed by atoms with van der Waals surface area (Å²) in [7, 11) is 0. The molecule has 1 aliphatic heterocycles. The van der Waals surface area contributed by atoms with Crippen LogP contribution in [-0.2, 0) is 0 Å². The summed E-state index contributed by atoms with van der Waals surface area (Å²) in [4.78, 5) is 29.3. The van der Waals surface area contributed by atoms with Crippen LogP contribution in [0.1, 0.15) is 32.9 Å². The number of nitrogens with one attached hydrogen (secondary N) is 1. The Bertz CT molecular complexity index is 995. The molecule has 0 atom stereocenters. The lowest BCUT2D eigenvalue weighted by Gasteiger charge is -2.24. The Morgan fingerprint density at radius 1 is 0.900 bits per heavy atom. The Balaban J connectivity index is 1.37. The van der Waals surface area contributed by atoms with E-state index in [4.69, 9.17) is 4.42 Å². The number of hydrogen-bond donors (Lipinski definition) is 1. The van der Waals surface area contributed by atoms with Crippen molar-refractivity contribution in [3.8, 4) is 0 Å². The van der Waals surface area contributed by atoms with Crippen LogP contribution in [0.3, 0.4) is 0 Å². The first kappa shape index (κ1) is 19.8. The van der Waals surface area contributed by atoms with Crippen molar-refractivity contribution in [1.82, 2.24) is 4.90 Å². The minimum Gasteiger partial charge on any atom is -0.459 e. The van der Waals surface area contributed by atoms with E-state index < -0.39 is 0 Å². The number of furan rings is 1. The van der Waals surface area contributed by atoms with Crippen molar-refractivity contribution in [3.63, 3.8) is 0 Å². The van der Waals surface area contributed by atoms with Gasteiger partial charge in [-0.2, -0.15) is 0 Å². The second-order valence-electron chi connectivity index (χ2n) is 7.48. The lowest BCUT2D eigenvalue weighted by Crippen LogP contribution is -2.35. The Morgan fingerprint density at radius 2 is 1.67 bits per heavy atom. The van der Waals surface area contributed by atoms with Crippen LogP contribution in [0.4, 0.5) is 11.4 Å². The monoisotopic (exact) mass is 403 g/mol. The third-order valence-corrected chi connectivity index (χ3v) is 5.32. The van der Waals surface area contributed by atoms with E-state index in [0.717, 1.165) is 26.1 Å². The summed E-state index contributed by atoms with van der Waals surface area (Å²) >= 11 is 0. The summed E-state index contributed by atoms with van der Waals surface area (Å²) in [5.41, 5.74) is 3.69. The van der Waals surface area contributed by atoms with Gasteiger partial charge in [-0.15, -0.1) is 0 Å². The second-order valence-corrected chi connectivity index (χ2v) is 7.48. The minimum atomic E-state index is -0.317. The van der Waals surface area contributed by atoms with Crippen molar-refractivity contribution < 1.29 is 14.0 Å². The summed E-state index contributed by atoms with van der Waals surface area (Å²) < 4.78 is 5.09. The number of carbonyl (C=O) groups is 2. The fourth-order valence-electron chi connectivity index (χ4n) is 3.61. The molecule has 154 valence electrons. The molecular weight excluding hydrogens is 378 g/mol. The van der Waals surface area contributed by atoms with Gasteiger partial charge in [0.15, 0.2) is 5.76 Å². The molecule has 0 bridgehead atoms. The maximum atomic E-state index is 13.0. The summed E-state index contributed by atoms with van der Waals surface area (Å²) in [6, 6.07) is 18.8. The molecule has 6 nitrogen and oxygen atoms in total. The summed E-state index contributed by atoms with van der Waals surface area (Å²) in [5, 5.41) is 2.76. The SMILES string of the molecule is Cc1ccc(N2CCCN(C(=O)c3ccc(NC(=O)c4ccco4)cc3)CC2)cc1. The largest absolute Gasteiger partial charge is 0.459 e. The van der Waals surface area contributed by atoms with Gasteiger partial charge in [0.05, 0.1) is 6.26 Å². The van der Waals surface area contributed by atoms with Crippen LogP contribution < -0.4 is 10.2 Å². The number of nitrogens with zero attached hydrogens (tertiary/aromatic N) is 2. The fraction of sp³-hybridized carbons (Fsp3) is 0.250. The predicted molar refractivity (Wildman–Crippen MR) is 117 cm³/mol. The molecule has 0 unspecified atom stereocenters. The summed E-state index contributed by atoms with van der Waals surface area (Å²) in [6.45, 7) is 5.25. The first-order chi connectivity index (χ1) is 14.6. The van der Waals surface area contributed by atoms with Crippen LogP contribution in [-0.4, -0.2) is 42.9 Å². The van der Waals surface area contributed by atoms with Gasteiger partial charge in [-0.3, -0.25) is 9.59 Å². The molecule has 4 rings (SSSR count). The van der Waals surface area contributed by atoms with Gasteiger partial charge in [-0.05, 0) is 61.9 Å². The van der Waals surface area contributed by atoms with Crippen LogP contribution in [0.2, 0.25) is 0 Å². The molecule has 6 heteroatoms. The zero-order chi connectivity index (χ0) is 20.9. The lowest BCUT2D eigenvalue weighted by atomic mass is 10.1. The zero-order valence-electron chi connectivity index (χ0n) is 17.0. The smallest absolute Gasteiger partial charge is 0.291 e. The maximum absolute atomic E-state index is 13.0. The van der Waals surface area contributed by atoms with Crippen LogP contribution in [0.25, 0.3) is 0 Å². The maximum Gasteiger partial charge on any atom is 0.291 e. The average Bonchev–Trinajstić information content (AvgIpc) is 3.20. The molecule has 0 aliphatic carbocycles. The van der Waals surface area contributed by atoms with Gasteiger partial charge in [0.1, 0.15) is 0 Å². The summed E-state index contributed by atoms with van der Waals surface area (Å²) in [6.07, 6.45) is 2.38. The van der Waals surface area contributed by atoms with Gasteiger partial charge in [0, 0.05) is 43.1 Å². The van der Waals surface area contributed by atoms with E-state index in [2.05, 4.69) is 41.4 Å². The molecule has 0 radical (unpaired) electrons. The Morgan fingerprint density at radius 3 is 2.37 bits per heavy atom. The van der Waals surface area contributed by atoms with Crippen LogP contribution in [0, 0.1) is 6.92 Å². The number of anilines is 2. The van der Waals surface area contributed by atoms with Gasteiger partial charge in [-0.1, -0.05) is 17.7 Å². The fourth-order valence-corrected chi connectivity index (χ4v) is 3.61. The van der Waals surface area contributed by atoms with Crippen molar-refractivity contribution in [3.05, 3.63) is 83.8 Å². The Hall–Kier alpha value is -3.54. The Labute approximate surface area is 176 Å². The molecule has 0 saturated carbocycles. The molecule has 1 N–H and O–H groups in total. The van der Waals surface area contributed by atoms with Crippen LogP contribution >= 0.6 is 0 Å². The van der Waals surface area contributed by atoms with E-state index in [9.17, 15) is 9.59 Å². The number of rotatable bonds is 4. The van der Waals surface area contributed by atoms with E-state index in [1.165, 1.54) is 17.5 Å². The van der Waals surface area contributed by atoms with Gasteiger partial charge >= 0.3 is 0 Å². The predicted octanol–water partition coefficient (Wildman–Crippen LogP) is 4.19.